The predicted octanol–water partition coefficient (Wildman–Crippen LogP) is 7.57. The molecule has 5 rings (SSSR count). The molecule has 2 aromatic heterocycles. The normalized spacial score (nSPS) is 12.3. The third kappa shape index (κ3) is 9.83. The minimum absolute atomic E-state index is 0.472. The minimum atomic E-state index is 0.472. The van der Waals surface area contributed by atoms with Gasteiger partial charge in [-0.1, -0.05) is 27.2 Å². The van der Waals surface area contributed by atoms with Crippen LogP contribution in [-0.2, 0) is 19.5 Å². The van der Waals surface area contributed by atoms with Crippen LogP contribution in [0.4, 0.5) is 0 Å². The summed E-state index contributed by atoms with van der Waals surface area (Å²) in [6.45, 7) is 10.1. The Balaban J connectivity index is 0.000000248. The van der Waals surface area contributed by atoms with E-state index in [2.05, 4.69) is 40.0 Å². The maximum atomic E-state index is 5.66. The number of nitrogens with two attached hydrogens (primary N) is 1. The van der Waals surface area contributed by atoms with Gasteiger partial charge in [-0.2, -0.15) is 0 Å². The largest absolute Gasteiger partial charge is 0.493 e. The van der Waals surface area contributed by atoms with Crippen molar-refractivity contribution in [2.75, 3.05) is 48.6 Å². The van der Waals surface area contributed by atoms with Crippen molar-refractivity contribution in [3.05, 3.63) is 77.6 Å². The molecule has 1 fully saturated rings. The molecule has 2 aromatic carbocycles. The molecule has 4 aromatic rings. The zero-order valence-electron chi connectivity index (χ0n) is 29.4. The van der Waals surface area contributed by atoms with E-state index in [1.807, 2.05) is 50.4 Å². The van der Waals surface area contributed by atoms with Gasteiger partial charge in [0.2, 0.25) is 5.75 Å². The van der Waals surface area contributed by atoms with Crippen molar-refractivity contribution >= 4 is 0 Å². The fourth-order valence-corrected chi connectivity index (χ4v) is 5.56. The van der Waals surface area contributed by atoms with E-state index in [9.17, 15) is 0 Å². The second-order valence-electron chi connectivity index (χ2n) is 10.8. The average Bonchev–Trinajstić information content (AvgIpc) is 3.65. The molecule has 1 saturated heterocycles. The second kappa shape index (κ2) is 19.4. The fourth-order valence-electron chi connectivity index (χ4n) is 5.56. The molecule has 0 radical (unpaired) electrons. The molecule has 0 aliphatic carbocycles. The molecule has 0 amide bonds. The number of likely N-dealkylation sites (tertiary alicyclic amines) is 1. The van der Waals surface area contributed by atoms with Crippen molar-refractivity contribution in [3.8, 4) is 51.3 Å². The van der Waals surface area contributed by atoms with Gasteiger partial charge in [-0.25, -0.2) is 0 Å². The molecule has 1 aliphatic heterocycles. The van der Waals surface area contributed by atoms with E-state index in [1.54, 1.807) is 41.7 Å². The number of benzene rings is 2. The molecular weight excluding hydrogens is 592 g/mol. The van der Waals surface area contributed by atoms with Gasteiger partial charge >= 0.3 is 0 Å². The van der Waals surface area contributed by atoms with Crippen LogP contribution in [0.5, 0.6) is 28.7 Å². The van der Waals surface area contributed by atoms with Crippen molar-refractivity contribution in [2.45, 2.75) is 59.5 Å². The lowest BCUT2D eigenvalue weighted by Gasteiger charge is -2.16. The van der Waals surface area contributed by atoms with Gasteiger partial charge in [0, 0.05) is 36.6 Å². The molecule has 1 aliphatic rings. The summed E-state index contributed by atoms with van der Waals surface area (Å²) in [4.78, 5) is 11.5. The van der Waals surface area contributed by atoms with E-state index in [0.717, 1.165) is 59.0 Å². The van der Waals surface area contributed by atoms with Crippen LogP contribution in [0.2, 0.25) is 0 Å². The number of rotatable bonds is 12. The topological polar surface area (TPSA) is 101 Å². The third-order valence-electron chi connectivity index (χ3n) is 7.82. The van der Waals surface area contributed by atoms with Crippen molar-refractivity contribution in [2.24, 2.45) is 5.73 Å². The van der Waals surface area contributed by atoms with Gasteiger partial charge in [0.05, 0.1) is 46.9 Å². The van der Waals surface area contributed by atoms with Gasteiger partial charge in [-0.3, -0.25) is 14.9 Å². The minimum Gasteiger partial charge on any atom is -0.493 e. The Kier molecular flexibility index (Phi) is 15.3. The lowest BCUT2D eigenvalue weighted by atomic mass is 10.0. The van der Waals surface area contributed by atoms with Crippen molar-refractivity contribution in [3.63, 3.8) is 0 Å². The van der Waals surface area contributed by atoms with E-state index in [-0.39, 0.29) is 0 Å². The molecule has 3 heterocycles. The molecule has 0 atom stereocenters. The molecule has 0 spiro atoms. The quantitative estimate of drug-likeness (QED) is 0.167. The van der Waals surface area contributed by atoms with Crippen LogP contribution in [0.15, 0.2) is 60.9 Å². The molecular formula is C38H52N4O5. The van der Waals surface area contributed by atoms with Gasteiger partial charge in [-0.05, 0) is 97.6 Å². The number of aromatic nitrogens is 2. The van der Waals surface area contributed by atoms with Crippen LogP contribution >= 0.6 is 0 Å². The monoisotopic (exact) mass is 644 g/mol. The van der Waals surface area contributed by atoms with E-state index in [1.165, 1.54) is 37.1 Å². The standard InChI is InChI=1S/C21H28N2O2.C15H18N2O3.C2H6/c1-4-7-17-13-18(14-20(24-2)21(17)25-3)19-12-16(8-9-22-19)15-23-10-5-6-11-23;1-18-13-7-11(8-14(19-2)15(13)20-3)12-6-10(9-16)4-5-17-12;1-2/h8-9,12-14H,4-7,10-11,15H2,1-3H3;4-8H,9,16H2,1-3H3;1-2H3. The summed E-state index contributed by atoms with van der Waals surface area (Å²) >= 11 is 0. The first-order valence-electron chi connectivity index (χ1n) is 16.4. The molecule has 0 saturated carbocycles. The zero-order valence-corrected chi connectivity index (χ0v) is 29.4. The number of aryl methyl sites for hydroxylation is 1. The van der Waals surface area contributed by atoms with Crippen LogP contribution < -0.4 is 29.4 Å². The number of hydrogen-bond donors (Lipinski definition) is 1. The number of ether oxygens (including phenoxy) is 5. The molecule has 254 valence electrons. The summed E-state index contributed by atoms with van der Waals surface area (Å²) in [6.07, 6.45) is 8.30. The van der Waals surface area contributed by atoms with Crippen LogP contribution in [0.3, 0.4) is 0 Å². The van der Waals surface area contributed by atoms with Crippen LogP contribution in [0.25, 0.3) is 22.5 Å². The molecule has 0 unspecified atom stereocenters. The first-order chi connectivity index (χ1) is 23.0. The molecule has 2 N–H and O–H groups in total. The van der Waals surface area contributed by atoms with Crippen molar-refractivity contribution < 1.29 is 23.7 Å². The molecule has 9 nitrogen and oxygen atoms in total. The highest BCUT2D eigenvalue weighted by Crippen LogP contribution is 2.41. The van der Waals surface area contributed by atoms with Gasteiger partial charge in [-0.15, -0.1) is 0 Å². The number of methoxy groups -OCH3 is 5. The first kappa shape index (κ1) is 37.1. The zero-order chi connectivity index (χ0) is 34.2. The van der Waals surface area contributed by atoms with Gasteiger partial charge in [0.15, 0.2) is 23.0 Å². The van der Waals surface area contributed by atoms with Crippen molar-refractivity contribution in [1.29, 1.82) is 0 Å². The Bertz CT molecular complexity index is 1510. The van der Waals surface area contributed by atoms with E-state index in [4.69, 9.17) is 29.4 Å². The lowest BCUT2D eigenvalue weighted by Crippen LogP contribution is -2.18. The number of hydrogen-bond acceptors (Lipinski definition) is 9. The van der Waals surface area contributed by atoms with Crippen molar-refractivity contribution in [1.82, 2.24) is 14.9 Å². The SMILES string of the molecule is CC.CCCc1cc(-c2cc(CN3CCCC3)ccn2)cc(OC)c1OC.COc1cc(-c2cc(CN)ccn2)cc(OC)c1OC. The molecule has 9 heteroatoms. The fraction of sp³-hybridized carbons (Fsp3) is 0.421. The van der Waals surface area contributed by atoms with E-state index < -0.39 is 0 Å². The van der Waals surface area contributed by atoms with Gasteiger partial charge < -0.3 is 29.4 Å². The lowest BCUT2D eigenvalue weighted by molar-refractivity contribution is 0.324. The molecule has 47 heavy (non-hydrogen) atoms. The number of pyridine rings is 2. The van der Waals surface area contributed by atoms with Gasteiger partial charge in [0.25, 0.3) is 0 Å². The second-order valence-corrected chi connectivity index (χ2v) is 10.8. The van der Waals surface area contributed by atoms with Crippen LogP contribution in [-0.4, -0.2) is 63.5 Å². The smallest absolute Gasteiger partial charge is 0.203 e. The Morgan fingerprint density at radius 1 is 0.660 bits per heavy atom. The third-order valence-corrected chi connectivity index (χ3v) is 7.82. The highest BCUT2D eigenvalue weighted by Gasteiger charge is 2.16. The summed E-state index contributed by atoms with van der Waals surface area (Å²) in [7, 11) is 8.14. The Morgan fingerprint density at radius 3 is 1.64 bits per heavy atom. The summed E-state index contributed by atoms with van der Waals surface area (Å²) in [5.41, 5.74) is 12.9. The number of nitrogens with zero attached hydrogens (tertiary/aromatic N) is 3. The van der Waals surface area contributed by atoms with E-state index >= 15 is 0 Å². The maximum absolute atomic E-state index is 5.66. The Labute approximate surface area is 281 Å². The van der Waals surface area contributed by atoms with E-state index in [0.29, 0.717) is 23.8 Å². The first-order valence-corrected chi connectivity index (χ1v) is 16.4. The Morgan fingerprint density at radius 2 is 1.15 bits per heavy atom. The highest BCUT2D eigenvalue weighted by atomic mass is 16.5. The van der Waals surface area contributed by atoms with Crippen LogP contribution in [0, 0.1) is 0 Å². The summed E-state index contributed by atoms with van der Waals surface area (Å²) in [5, 5.41) is 0. The summed E-state index contributed by atoms with van der Waals surface area (Å²) in [6, 6.07) is 16.1. The summed E-state index contributed by atoms with van der Waals surface area (Å²) in [5.74, 6) is 3.37. The molecule has 0 bridgehead atoms. The summed E-state index contributed by atoms with van der Waals surface area (Å²) < 4.78 is 27.1. The predicted molar refractivity (Wildman–Crippen MR) is 190 cm³/mol. The van der Waals surface area contributed by atoms with Gasteiger partial charge in [0.1, 0.15) is 0 Å². The Hall–Kier alpha value is -4.34. The maximum Gasteiger partial charge on any atom is 0.203 e. The average molecular weight is 645 g/mol. The highest BCUT2D eigenvalue weighted by molar-refractivity contribution is 5.69. The van der Waals surface area contributed by atoms with Crippen LogP contribution in [0.1, 0.15) is 56.7 Å².